The molecule has 2 atom stereocenters. The molecule has 0 aliphatic carbocycles. The van der Waals surface area contributed by atoms with Crippen LogP contribution in [0.5, 0.6) is 0 Å². The van der Waals surface area contributed by atoms with Crippen molar-refractivity contribution in [3.8, 4) is 0 Å². The summed E-state index contributed by atoms with van der Waals surface area (Å²) in [5.74, 6) is 0. The predicted octanol–water partition coefficient (Wildman–Crippen LogP) is 0.799. The number of nitrogens with two attached hydrogens (primary N) is 1. The lowest BCUT2D eigenvalue weighted by Crippen LogP contribution is -2.47. The van der Waals surface area contributed by atoms with E-state index in [-0.39, 0.29) is 18.4 Å². The number of likely N-dealkylation sites (tertiary alicyclic amines) is 1. The number of hydrogen-bond donors (Lipinski definition) is 1. The number of piperidine rings is 1. The molecule has 1 saturated heterocycles. The van der Waals surface area contributed by atoms with Crippen LogP contribution in [0, 0.1) is 0 Å². The Morgan fingerprint density at radius 1 is 1.55 bits per heavy atom. The minimum absolute atomic E-state index is 0. The molecular weight excluding hydrogens is 167 g/mol. The van der Waals surface area contributed by atoms with E-state index in [2.05, 4.69) is 4.90 Å². The van der Waals surface area contributed by atoms with Crippen LogP contribution in [0.4, 0.5) is 4.39 Å². The minimum atomic E-state index is -0.705. The highest BCUT2D eigenvalue weighted by molar-refractivity contribution is 5.85. The van der Waals surface area contributed by atoms with E-state index in [1.807, 2.05) is 6.92 Å². The average molecular weight is 183 g/mol. The largest absolute Gasteiger partial charge is 0.326 e. The molecule has 11 heavy (non-hydrogen) atoms. The fraction of sp³-hybridized carbons (Fsp3) is 1.00. The first kappa shape index (κ1) is 11.1. The molecule has 1 rings (SSSR count). The summed E-state index contributed by atoms with van der Waals surface area (Å²) in [6.45, 7) is 4.38. The van der Waals surface area contributed by atoms with Gasteiger partial charge >= 0.3 is 0 Å². The Balaban J connectivity index is 0.000001000. The normalized spacial score (nSPS) is 33.0. The molecule has 1 aliphatic heterocycles. The first-order valence-electron chi connectivity index (χ1n) is 3.84. The van der Waals surface area contributed by atoms with Gasteiger partial charge in [-0.3, -0.25) is 4.90 Å². The quantitative estimate of drug-likeness (QED) is 0.650. The van der Waals surface area contributed by atoms with Crippen LogP contribution in [0.15, 0.2) is 0 Å². The third-order valence-corrected chi connectivity index (χ3v) is 1.95. The fourth-order valence-corrected chi connectivity index (χ4v) is 1.42. The van der Waals surface area contributed by atoms with Crippen LogP contribution in [0.3, 0.4) is 0 Å². The van der Waals surface area contributed by atoms with E-state index in [1.165, 1.54) is 0 Å². The molecule has 1 heterocycles. The second-order valence-corrected chi connectivity index (χ2v) is 2.95. The maximum Gasteiger partial charge on any atom is 0.114 e. The van der Waals surface area contributed by atoms with E-state index in [0.29, 0.717) is 13.0 Å². The van der Waals surface area contributed by atoms with Gasteiger partial charge in [-0.15, -0.1) is 12.4 Å². The number of nitrogens with zero attached hydrogens (tertiary/aromatic N) is 1. The highest BCUT2D eigenvalue weighted by Gasteiger charge is 2.22. The van der Waals surface area contributed by atoms with Crippen LogP contribution < -0.4 is 5.73 Å². The molecule has 1 aliphatic rings. The molecule has 0 radical (unpaired) electrons. The Labute approximate surface area is 73.3 Å². The van der Waals surface area contributed by atoms with Crippen LogP contribution >= 0.6 is 12.4 Å². The maximum atomic E-state index is 12.7. The molecule has 0 spiro atoms. The van der Waals surface area contributed by atoms with Gasteiger partial charge in [0.15, 0.2) is 0 Å². The molecule has 0 unspecified atom stereocenters. The second-order valence-electron chi connectivity index (χ2n) is 2.95. The first-order chi connectivity index (χ1) is 4.72. The van der Waals surface area contributed by atoms with Crippen molar-refractivity contribution in [2.75, 3.05) is 19.6 Å². The summed E-state index contributed by atoms with van der Waals surface area (Å²) in [6.07, 6.45) is -0.167. The topological polar surface area (TPSA) is 29.3 Å². The number of likely N-dealkylation sites (N-methyl/N-ethyl adjacent to an activating group) is 1. The molecule has 0 aromatic carbocycles. The zero-order valence-corrected chi connectivity index (χ0v) is 7.61. The van der Waals surface area contributed by atoms with Crippen LogP contribution in [0.2, 0.25) is 0 Å². The fourth-order valence-electron chi connectivity index (χ4n) is 1.42. The summed E-state index contributed by atoms with van der Waals surface area (Å²) in [5.41, 5.74) is 5.61. The molecule has 1 fully saturated rings. The summed E-state index contributed by atoms with van der Waals surface area (Å²) in [5, 5.41) is 0. The Bertz CT molecular complexity index is 103. The molecule has 2 N–H and O–H groups in total. The number of rotatable bonds is 1. The Hall–Kier alpha value is 0.140. The lowest BCUT2D eigenvalue weighted by molar-refractivity contribution is 0.129. The molecule has 0 aromatic heterocycles. The third-order valence-electron chi connectivity index (χ3n) is 1.95. The van der Waals surface area contributed by atoms with Gasteiger partial charge in [0.05, 0.1) is 0 Å². The highest BCUT2D eigenvalue weighted by Crippen LogP contribution is 2.11. The third kappa shape index (κ3) is 3.36. The highest BCUT2D eigenvalue weighted by atomic mass is 35.5. The average Bonchev–Trinajstić information content (AvgIpc) is 1.85. The maximum absolute atomic E-state index is 12.7. The van der Waals surface area contributed by atoms with Gasteiger partial charge in [0.1, 0.15) is 6.17 Å². The van der Waals surface area contributed by atoms with Gasteiger partial charge in [-0.1, -0.05) is 6.92 Å². The van der Waals surface area contributed by atoms with Crippen molar-refractivity contribution in [1.29, 1.82) is 0 Å². The van der Waals surface area contributed by atoms with E-state index in [4.69, 9.17) is 5.73 Å². The van der Waals surface area contributed by atoms with Gasteiger partial charge in [-0.2, -0.15) is 0 Å². The molecule has 0 amide bonds. The smallest absolute Gasteiger partial charge is 0.114 e. The summed E-state index contributed by atoms with van der Waals surface area (Å²) < 4.78 is 12.7. The summed E-state index contributed by atoms with van der Waals surface area (Å²) in [4.78, 5) is 2.05. The van der Waals surface area contributed by atoms with Crippen molar-refractivity contribution in [2.45, 2.75) is 25.6 Å². The van der Waals surface area contributed by atoms with Gasteiger partial charge in [-0.05, 0) is 13.0 Å². The van der Waals surface area contributed by atoms with Crippen LogP contribution in [-0.2, 0) is 0 Å². The van der Waals surface area contributed by atoms with Gasteiger partial charge in [0.2, 0.25) is 0 Å². The van der Waals surface area contributed by atoms with Crippen molar-refractivity contribution >= 4 is 12.4 Å². The SMILES string of the molecule is CCN1C[C@H](N)C[C@@H](F)C1.Cl. The number of halogens is 2. The zero-order valence-electron chi connectivity index (χ0n) is 6.79. The van der Waals surface area contributed by atoms with E-state index in [1.54, 1.807) is 0 Å². The van der Waals surface area contributed by atoms with Crippen LogP contribution in [0.25, 0.3) is 0 Å². The molecule has 0 saturated carbocycles. The van der Waals surface area contributed by atoms with E-state index >= 15 is 0 Å². The molecule has 68 valence electrons. The van der Waals surface area contributed by atoms with Gasteiger partial charge in [0, 0.05) is 19.1 Å². The Morgan fingerprint density at radius 3 is 2.64 bits per heavy atom. The molecule has 2 nitrogen and oxygen atoms in total. The van der Waals surface area contributed by atoms with Gasteiger partial charge < -0.3 is 5.73 Å². The van der Waals surface area contributed by atoms with Gasteiger partial charge in [0.25, 0.3) is 0 Å². The van der Waals surface area contributed by atoms with Crippen molar-refractivity contribution in [3.63, 3.8) is 0 Å². The predicted molar refractivity (Wildman–Crippen MR) is 46.9 cm³/mol. The molecule has 0 bridgehead atoms. The second kappa shape index (κ2) is 4.91. The standard InChI is InChI=1S/C7H15FN2.ClH/c1-2-10-4-6(8)3-7(9)5-10;/h6-7H,2-5,9H2,1H3;1H/t6-,7-;/m1./s1. The van der Waals surface area contributed by atoms with Crippen molar-refractivity contribution in [2.24, 2.45) is 5.73 Å². The molecular formula is C7H16ClFN2. The first-order valence-corrected chi connectivity index (χ1v) is 3.84. The summed E-state index contributed by atoms with van der Waals surface area (Å²) >= 11 is 0. The molecule has 0 aromatic rings. The van der Waals surface area contributed by atoms with E-state index in [9.17, 15) is 4.39 Å². The van der Waals surface area contributed by atoms with Crippen molar-refractivity contribution < 1.29 is 4.39 Å². The minimum Gasteiger partial charge on any atom is -0.326 e. The van der Waals surface area contributed by atoms with Crippen LogP contribution in [0.1, 0.15) is 13.3 Å². The lowest BCUT2D eigenvalue weighted by Gasteiger charge is -2.31. The number of alkyl halides is 1. The van der Waals surface area contributed by atoms with Crippen LogP contribution in [-0.4, -0.2) is 36.7 Å². The van der Waals surface area contributed by atoms with E-state index < -0.39 is 6.17 Å². The van der Waals surface area contributed by atoms with Crippen molar-refractivity contribution in [3.05, 3.63) is 0 Å². The number of hydrogen-bond acceptors (Lipinski definition) is 2. The lowest BCUT2D eigenvalue weighted by atomic mass is 10.1. The zero-order chi connectivity index (χ0) is 7.56. The summed E-state index contributed by atoms with van der Waals surface area (Å²) in [6, 6.07) is 0.0451. The Morgan fingerprint density at radius 2 is 2.18 bits per heavy atom. The Kier molecular flexibility index (Phi) is 4.97. The molecule has 4 heteroatoms. The monoisotopic (exact) mass is 182 g/mol. The van der Waals surface area contributed by atoms with Gasteiger partial charge in [-0.25, -0.2) is 4.39 Å². The van der Waals surface area contributed by atoms with Crippen molar-refractivity contribution in [1.82, 2.24) is 4.90 Å². The summed E-state index contributed by atoms with van der Waals surface area (Å²) in [7, 11) is 0. The van der Waals surface area contributed by atoms with E-state index in [0.717, 1.165) is 13.1 Å².